The Hall–Kier alpha value is -3.22. The lowest BCUT2D eigenvalue weighted by Crippen LogP contribution is -2.52. The largest absolute Gasteiger partial charge is 0.340 e. The van der Waals surface area contributed by atoms with Gasteiger partial charge in [-0.25, -0.2) is 9.37 Å². The number of para-hydroxylation sites is 2. The number of rotatable bonds is 2. The molecule has 27 heavy (non-hydrogen) atoms. The molecule has 1 aliphatic heterocycles. The van der Waals surface area contributed by atoms with E-state index in [1.807, 2.05) is 24.3 Å². The van der Waals surface area contributed by atoms with Crippen molar-refractivity contribution >= 4 is 22.8 Å². The van der Waals surface area contributed by atoms with Gasteiger partial charge < -0.3 is 14.8 Å². The van der Waals surface area contributed by atoms with Crippen LogP contribution in [0.3, 0.4) is 0 Å². The third kappa shape index (κ3) is 3.28. The fourth-order valence-electron chi connectivity index (χ4n) is 3.48. The molecule has 2 heterocycles. The lowest BCUT2D eigenvalue weighted by atomic mass is 10.1. The van der Waals surface area contributed by atoms with E-state index in [9.17, 15) is 14.0 Å². The summed E-state index contributed by atoms with van der Waals surface area (Å²) in [6.07, 6.45) is 0. The van der Waals surface area contributed by atoms with Crippen molar-refractivity contribution in [3.8, 4) is 0 Å². The molecule has 1 aliphatic rings. The van der Waals surface area contributed by atoms with Gasteiger partial charge >= 0.3 is 0 Å². The number of carbonyl (C=O) groups is 2. The summed E-state index contributed by atoms with van der Waals surface area (Å²) < 4.78 is 13.1. The second kappa shape index (κ2) is 6.83. The molecule has 1 saturated heterocycles. The van der Waals surface area contributed by atoms with Crippen LogP contribution in [0, 0.1) is 5.82 Å². The van der Waals surface area contributed by atoms with Gasteiger partial charge in [0.05, 0.1) is 11.0 Å². The quantitative estimate of drug-likeness (QED) is 0.758. The Labute approximate surface area is 155 Å². The van der Waals surface area contributed by atoms with Gasteiger partial charge in [0.2, 0.25) is 5.91 Å². The lowest BCUT2D eigenvalue weighted by molar-refractivity contribution is -0.133. The lowest BCUT2D eigenvalue weighted by Gasteiger charge is -2.40. The number of carbonyl (C=O) groups excluding carboxylic acids is 2. The van der Waals surface area contributed by atoms with Crippen LogP contribution in [0.4, 0.5) is 4.39 Å². The number of amides is 2. The minimum atomic E-state index is -0.381. The Morgan fingerprint density at radius 1 is 1.11 bits per heavy atom. The Morgan fingerprint density at radius 2 is 1.85 bits per heavy atom. The zero-order valence-corrected chi connectivity index (χ0v) is 14.9. The minimum absolute atomic E-state index is 0.0608. The molecular weight excluding hydrogens is 347 g/mol. The molecule has 1 fully saturated rings. The van der Waals surface area contributed by atoms with Gasteiger partial charge in [-0.15, -0.1) is 0 Å². The van der Waals surface area contributed by atoms with Crippen molar-refractivity contribution < 1.29 is 14.0 Å². The van der Waals surface area contributed by atoms with Gasteiger partial charge in [-0.1, -0.05) is 12.1 Å². The van der Waals surface area contributed by atoms with Gasteiger partial charge in [-0.3, -0.25) is 9.59 Å². The highest BCUT2D eigenvalue weighted by atomic mass is 19.1. The number of hydrogen-bond acceptors (Lipinski definition) is 3. The maximum absolute atomic E-state index is 13.1. The number of hydrogen-bond donors (Lipinski definition) is 1. The Morgan fingerprint density at radius 3 is 2.56 bits per heavy atom. The molecule has 1 unspecified atom stereocenters. The van der Waals surface area contributed by atoms with Crippen molar-refractivity contribution in [3.63, 3.8) is 0 Å². The summed E-state index contributed by atoms with van der Waals surface area (Å²) in [4.78, 5) is 36.2. The first-order valence-electron chi connectivity index (χ1n) is 8.79. The molecule has 0 radical (unpaired) electrons. The number of benzene rings is 2. The number of fused-ring (bicyclic) bond motifs is 1. The zero-order chi connectivity index (χ0) is 19.0. The van der Waals surface area contributed by atoms with Crippen LogP contribution in [0.25, 0.3) is 11.0 Å². The monoisotopic (exact) mass is 366 g/mol. The number of piperazine rings is 1. The Balaban J connectivity index is 1.63. The van der Waals surface area contributed by atoms with Crippen LogP contribution < -0.4 is 0 Å². The first-order chi connectivity index (χ1) is 13.0. The van der Waals surface area contributed by atoms with Gasteiger partial charge in [0.1, 0.15) is 17.7 Å². The summed E-state index contributed by atoms with van der Waals surface area (Å²) in [5.74, 6) is 0.0322. The van der Waals surface area contributed by atoms with E-state index >= 15 is 0 Å². The minimum Gasteiger partial charge on any atom is -0.340 e. The molecule has 1 N–H and O–H groups in total. The normalized spacial score (nSPS) is 17.3. The highest BCUT2D eigenvalue weighted by molar-refractivity contribution is 5.94. The number of nitrogens with zero attached hydrogens (tertiary/aromatic N) is 3. The van der Waals surface area contributed by atoms with E-state index in [-0.39, 0.29) is 23.7 Å². The summed E-state index contributed by atoms with van der Waals surface area (Å²) in [7, 11) is 0. The van der Waals surface area contributed by atoms with E-state index in [1.165, 1.54) is 31.2 Å². The van der Waals surface area contributed by atoms with Crippen LogP contribution >= 0.6 is 0 Å². The van der Waals surface area contributed by atoms with E-state index in [1.54, 1.807) is 9.80 Å². The number of nitrogens with one attached hydrogen (secondary N) is 1. The van der Waals surface area contributed by atoms with Crippen LogP contribution in [0.1, 0.15) is 29.1 Å². The second-order valence-electron chi connectivity index (χ2n) is 6.63. The fraction of sp³-hybridized carbons (Fsp3) is 0.250. The predicted molar refractivity (Wildman–Crippen MR) is 98.5 cm³/mol. The first kappa shape index (κ1) is 17.2. The smallest absolute Gasteiger partial charge is 0.254 e. The number of aromatic nitrogens is 2. The van der Waals surface area contributed by atoms with Crippen molar-refractivity contribution in [2.24, 2.45) is 0 Å². The van der Waals surface area contributed by atoms with Crippen LogP contribution in [0.15, 0.2) is 48.5 Å². The number of imidazole rings is 1. The molecule has 4 rings (SSSR count). The highest BCUT2D eigenvalue weighted by Crippen LogP contribution is 2.26. The molecule has 2 aromatic carbocycles. The van der Waals surface area contributed by atoms with E-state index in [2.05, 4.69) is 9.97 Å². The van der Waals surface area contributed by atoms with Crippen molar-refractivity contribution in [1.29, 1.82) is 0 Å². The summed E-state index contributed by atoms with van der Waals surface area (Å²) in [6, 6.07) is 12.8. The molecule has 3 aromatic rings. The van der Waals surface area contributed by atoms with E-state index < -0.39 is 0 Å². The molecule has 0 aliphatic carbocycles. The van der Waals surface area contributed by atoms with Gasteiger partial charge in [-0.05, 0) is 36.4 Å². The van der Waals surface area contributed by atoms with Gasteiger partial charge in [0, 0.05) is 32.1 Å². The summed E-state index contributed by atoms with van der Waals surface area (Å²) in [6.45, 7) is 2.69. The molecule has 0 bridgehead atoms. The third-order valence-electron chi connectivity index (χ3n) is 4.89. The summed E-state index contributed by atoms with van der Waals surface area (Å²) in [5, 5.41) is 0. The maximum Gasteiger partial charge on any atom is 0.254 e. The Bertz CT molecular complexity index is 966. The number of aromatic amines is 1. The van der Waals surface area contributed by atoms with Crippen molar-refractivity contribution in [2.45, 2.75) is 13.0 Å². The van der Waals surface area contributed by atoms with Crippen molar-refractivity contribution in [2.75, 3.05) is 19.6 Å². The second-order valence-corrected chi connectivity index (χ2v) is 6.63. The van der Waals surface area contributed by atoms with Gasteiger partial charge in [0.25, 0.3) is 5.91 Å². The molecular formula is C20H19FN4O2. The zero-order valence-electron chi connectivity index (χ0n) is 14.9. The third-order valence-corrected chi connectivity index (χ3v) is 4.89. The highest BCUT2D eigenvalue weighted by Gasteiger charge is 2.34. The maximum atomic E-state index is 13.1. The van der Waals surface area contributed by atoms with Crippen molar-refractivity contribution in [1.82, 2.24) is 19.8 Å². The SMILES string of the molecule is CC(=O)N1CCN(C(=O)c2ccc(F)cc2)CC1c1nc2ccccc2[nH]1. The van der Waals surface area contributed by atoms with E-state index in [4.69, 9.17) is 0 Å². The van der Waals surface area contributed by atoms with Crippen LogP contribution in [-0.2, 0) is 4.79 Å². The van der Waals surface area contributed by atoms with Crippen LogP contribution in [0.2, 0.25) is 0 Å². The fourth-order valence-corrected chi connectivity index (χ4v) is 3.48. The molecule has 0 spiro atoms. The van der Waals surface area contributed by atoms with Crippen LogP contribution in [-0.4, -0.2) is 51.2 Å². The molecule has 1 atom stereocenters. The Kier molecular flexibility index (Phi) is 4.35. The van der Waals surface area contributed by atoms with Gasteiger partial charge in [0.15, 0.2) is 0 Å². The van der Waals surface area contributed by atoms with E-state index in [0.717, 1.165) is 11.0 Å². The predicted octanol–water partition coefficient (Wildman–Crippen LogP) is 2.75. The molecule has 2 amide bonds. The molecule has 138 valence electrons. The first-order valence-corrected chi connectivity index (χ1v) is 8.79. The standard InChI is InChI=1S/C20H19FN4O2/c1-13(26)25-11-10-24(20(27)14-6-8-15(21)9-7-14)12-18(25)19-22-16-4-2-3-5-17(16)23-19/h2-9,18H,10-12H2,1H3,(H,22,23). The van der Waals surface area contributed by atoms with Gasteiger partial charge in [-0.2, -0.15) is 0 Å². The summed E-state index contributed by atoms with van der Waals surface area (Å²) >= 11 is 0. The topological polar surface area (TPSA) is 69.3 Å². The van der Waals surface area contributed by atoms with E-state index in [0.29, 0.717) is 31.0 Å². The molecule has 7 heteroatoms. The van der Waals surface area contributed by atoms with Crippen LogP contribution in [0.5, 0.6) is 0 Å². The molecule has 1 aromatic heterocycles. The number of H-pyrrole nitrogens is 1. The molecule has 0 saturated carbocycles. The number of halogens is 1. The van der Waals surface area contributed by atoms with Crippen molar-refractivity contribution in [3.05, 3.63) is 65.7 Å². The summed E-state index contributed by atoms with van der Waals surface area (Å²) in [5.41, 5.74) is 2.13. The molecule has 6 nitrogen and oxygen atoms in total. The average molecular weight is 366 g/mol. The average Bonchev–Trinajstić information content (AvgIpc) is 3.11.